The Morgan fingerprint density at radius 2 is 1.68 bits per heavy atom. The Balaban J connectivity index is 2.05. The Kier molecular flexibility index (Phi) is 9.06. The van der Waals surface area contributed by atoms with Crippen LogP contribution in [-0.2, 0) is 21.2 Å². The third kappa shape index (κ3) is 6.73. The second-order valence-electron chi connectivity index (χ2n) is 9.14. The normalized spacial score (nSPS) is 13.5. The second-order valence-corrected chi connectivity index (χ2v) is 11.1. The molecule has 2 atom stereocenters. The van der Waals surface area contributed by atoms with Gasteiger partial charge in [-0.1, -0.05) is 18.2 Å². The minimum atomic E-state index is -3.95. The molecular formula is C26H32FN3O6S. The first-order chi connectivity index (χ1) is 17.4. The van der Waals surface area contributed by atoms with Crippen molar-refractivity contribution < 1.29 is 32.9 Å². The van der Waals surface area contributed by atoms with Crippen LogP contribution in [-0.4, -0.2) is 58.5 Å². The molecule has 0 saturated carbocycles. The van der Waals surface area contributed by atoms with Crippen LogP contribution in [0.2, 0.25) is 0 Å². The van der Waals surface area contributed by atoms with E-state index in [9.17, 15) is 27.8 Å². The van der Waals surface area contributed by atoms with Crippen molar-refractivity contribution in [2.75, 3.05) is 11.4 Å². The van der Waals surface area contributed by atoms with Gasteiger partial charge in [0.05, 0.1) is 29.2 Å². The first-order valence-electron chi connectivity index (χ1n) is 11.9. The molecule has 0 fully saturated rings. The Morgan fingerprint density at radius 3 is 2.24 bits per heavy atom. The van der Waals surface area contributed by atoms with Crippen molar-refractivity contribution in [3.05, 3.63) is 66.1 Å². The molecule has 3 N–H and O–H groups in total. The SMILES string of the molecule is CC(C)n1c(N(C)S(=O)(=O)c2ccccc2)nc(-c2ccc(F)cc2)c1CCC(O)CC(O)CC(=O)O. The highest BCUT2D eigenvalue weighted by atomic mass is 32.2. The maximum Gasteiger partial charge on any atom is 0.305 e. The summed E-state index contributed by atoms with van der Waals surface area (Å²) in [5.41, 5.74) is 1.64. The number of hydrogen-bond donors (Lipinski definition) is 3. The molecule has 3 rings (SSSR count). The Morgan fingerprint density at radius 1 is 1.05 bits per heavy atom. The van der Waals surface area contributed by atoms with E-state index in [0.717, 1.165) is 4.31 Å². The first-order valence-corrected chi connectivity index (χ1v) is 13.3. The molecule has 0 aliphatic heterocycles. The number of sulfonamides is 1. The van der Waals surface area contributed by atoms with Gasteiger partial charge in [-0.25, -0.2) is 22.1 Å². The molecule has 200 valence electrons. The number of carbonyl (C=O) groups is 1. The third-order valence-corrected chi connectivity index (χ3v) is 7.73. The topological polar surface area (TPSA) is 133 Å². The van der Waals surface area contributed by atoms with E-state index in [-0.39, 0.29) is 36.1 Å². The van der Waals surface area contributed by atoms with Crippen LogP contribution in [0.1, 0.15) is 44.8 Å². The Labute approximate surface area is 215 Å². The molecule has 2 aromatic carbocycles. The molecule has 0 amide bonds. The van der Waals surface area contributed by atoms with Crippen molar-refractivity contribution in [2.24, 2.45) is 0 Å². The van der Waals surface area contributed by atoms with Crippen LogP contribution in [0.3, 0.4) is 0 Å². The smallest absolute Gasteiger partial charge is 0.305 e. The molecule has 11 heteroatoms. The number of carboxylic acid groups (broad SMARTS) is 1. The van der Waals surface area contributed by atoms with E-state index in [1.165, 1.54) is 31.3 Å². The highest BCUT2D eigenvalue weighted by Gasteiger charge is 2.30. The van der Waals surface area contributed by atoms with Crippen LogP contribution in [0.4, 0.5) is 10.3 Å². The van der Waals surface area contributed by atoms with Crippen LogP contribution in [0.15, 0.2) is 59.5 Å². The summed E-state index contributed by atoms with van der Waals surface area (Å²) >= 11 is 0. The van der Waals surface area contributed by atoms with Gasteiger partial charge in [-0.2, -0.15) is 0 Å². The molecule has 1 heterocycles. The van der Waals surface area contributed by atoms with E-state index in [2.05, 4.69) is 4.98 Å². The lowest BCUT2D eigenvalue weighted by Crippen LogP contribution is -2.30. The van der Waals surface area contributed by atoms with Crippen molar-refractivity contribution in [1.29, 1.82) is 0 Å². The number of anilines is 1. The summed E-state index contributed by atoms with van der Waals surface area (Å²) in [6.45, 7) is 3.75. The van der Waals surface area contributed by atoms with Crippen LogP contribution in [0.25, 0.3) is 11.3 Å². The summed E-state index contributed by atoms with van der Waals surface area (Å²) in [5, 5.41) is 29.2. The Bertz CT molecular complexity index is 1310. The van der Waals surface area contributed by atoms with Gasteiger partial charge in [0.25, 0.3) is 10.0 Å². The molecule has 0 spiro atoms. The largest absolute Gasteiger partial charge is 0.481 e. The summed E-state index contributed by atoms with van der Waals surface area (Å²) in [6.07, 6.45) is -2.38. The van der Waals surface area contributed by atoms with Crippen LogP contribution in [0, 0.1) is 5.82 Å². The molecule has 1 aromatic heterocycles. The summed E-state index contributed by atoms with van der Waals surface area (Å²) in [5.74, 6) is -1.43. The number of rotatable bonds is 12. The number of halogens is 1. The number of imidazole rings is 1. The van der Waals surface area contributed by atoms with Gasteiger partial charge >= 0.3 is 5.97 Å². The summed E-state index contributed by atoms with van der Waals surface area (Å²) in [7, 11) is -2.53. The van der Waals surface area contributed by atoms with Gasteiger partial charge in [-0.3, -0.25) is 4.79 Å². The lowest BCUT2D eigenvalue weighted by Gasteiger charge is -2.23. The van der Waals surface area contributed by atoms with Gasteiger partial charge < -0.3 is 19.9 Å². The number of aromatic nitrogens is 2. The molecule has 0 aliphatic rings. The van der Waals surface area contributed by atoms with Crippen LogP contribution >= 0.6 is 0 Å². The minimum Gasteiger partial charge on any atom is -0.481 e. The predicted molar refractivity (Wildman–Crippen MR) is 137 cm³/mol. The van der Waals surface area contributed by atoms with Gasteiger partial charge in [0, 0.05) is 24.3 Å². The fourth-order valence-electron chi connectivity index (χ4n) is 4.17. The highest BCUT2D eigenvalue weighted by Crippen LogP contribution is 2.34. The van der Waals surface area contributed by atoms with E-state index in [1.54, 1.807) is 34.9 Å². The highest BCUT2D eigenvalue weighted by molar-refractivity contribution is 7.92. The molecule has 9 nitrogen and oxygen atoms in total. The number of carboxylic acids is 1. The Hall–Kier alpha value is -3.28. The zero-order chi connectivity index (χ0) is 27.3. The van der Waals surface area contributed by atoms with E-state index >= 15 is 0 Å². The molecular weight excluding hydrogens is 501 g/mol. The molecule has 0 bridgehead atoms. The number of nitrogens with zero attached hydrogens (tertiary/aromatic N) is 3. The van der Waals surface area contributed by atoms with Gasteiger partial charge in [-0.05, 0) is 69.5 Å². The zero-order valence-electron chi connectivity index (χ0n) is 21.0. The van der Waals surface area contributed by atoms with E-state index in [4.69, 9.17) is 5.11 Å². The summed E-state index contributed by atoms with van der Waals surface area (Å²) < 4.78 is 43.3. The monoisotopic (exact) mass is 533 g/mol. The van der Waals surface area contributed by atoms with Crippen molar-refractivity contribution in [3.63, 3.8) is 0 Å². The van der Waals surface area contributed by atoms with Crippen molar-refractivity contribution in [2.45, 2.75) is 62.7 Å². The molecule has 0 aliphatic carbocycles. The van der Waals surface area contributed by atoms with Crippen molar-refractivity contribution >= 4 is 21.9 Å². The number of aliphatic hydroxyl groups excluding tert-OH is 2. The number of aliphatic carboxylic acids is 1. The standard InChI is InChI=1S/C26H32FN3O6S/c1-17(2)30-23(14-13-20(31)15-21(32)16-24(33)34)25(18-9-11-19(27)12-10-18)28-26(30)29(3)37(35,36)22-7-5-4-6-8-22/h4-12,17,20-21,31-32H,13-16H2,1-3H3,(H,33,34). The van der Waals surface area contributed by atoms with E-state index in [1.807, 2.05) is 13.8 Å². The summed E-state index contributed by atoms with van der Waals surface area (Å²) in [4.78, 5) is 15.6. The van der Waals surface area contributed by atoms with Gasteiger partial charge in [0.2, 0.25) is 5.95 Å². The molecule has 3 aromatic rings. The van der Waals surface area contributed by atoms with Gasteiger partial charge in [0.15, 0.2) is 0 Å². The fourth-order valence-corrected chi connectivity index (χ4v) is 5.34. The fraction of sp³-hybridized carbons (Fsp3) is 0.385. The minimum absolute atomic E-state index is 0.100. The van der Waals surface area contributed by atoms with E-state index in [0.29, 0.717) is 17.0 Å². The molecule has 0 radical (unpaired) electrons. The maximum absolute atomic E-state index is 13.6. The van der Waals surface area contributed by atoms with Gasteiger partial charge in [-0.15, -0.1) is 0 Å². The molecule has 0 saturated heterocycles. The number of aliphatic hydroxyl groups is 2. The second kappa shape index (κ2) is 11.8. The quantitative estimate of drug-likeness (QED) is 0.324. The lowest BCUT2D eigenvalue weighted by molar-refractivity contribution is -0.139. The average molecular weight is 534 g/mol. The molecule has 2 unspecified atom stereocenters. The van der Waals surface area contributed by atoms with Crippen molar-refractivity contribution in [3.8, 4) is 11.3 Å². The van der Waals surface area contributed by atoms with E-state index < -0.39 is 40.4 Å². The van der Waals surface area contributed by atoms with Crippen LogP contribution in [0.5, 0.6) is 0 Å². The predicted octanol–water partition coefficient (Wildman–Crippen LogP) is 3.61. The van der Waals surface area contributed by atoms with Crippen molar-refractivity contribution in [1.82, 2.24) is 9.55 Å². The number of benzene rings is 2. The van der Waals surface area contributed by atoms with Crippen LogP contribution < -0.4 is 4.31 Å². The average Bonchev–Trinajstić information content (AvgIpc) is 3.22. The zero-order valence-corrected chi connectivity index (χ0v) is 21.8. The maximum atomic E-state index is 13.6. The van der Waals surface area contributed by atoms with Gasteiger partial charge in [0.1, 0.15) is 5.82 Å². The lowest BCUT2D eigenvalue weighted by atomic mass is 10.0. The third-order valence-electron chi connectivity index (χ3n) is 5.98. The first kappa shape index (κ1) is 28.3. The molecule has 37 heavy (non-hydrogen) atoms. The summed E-state index contributed by atoms with van der Waals surface area (Å²) in [6, 6.07) is 13.4. The number of hydrogen-bond acceptors (Lipinski definition) is 6.